The third-order valence-corrected chi connectivity index (χ3v) is 8.28. The van der Waals surface area contributed by atoms with Crippen LogP contribution in [0.15, 0.2) is 42.0 Å². The second-order valence-electron chi connectivity index (χ2n) is 10.2. The lowest BCUT2D eigenvalue weighted by Gasteiger charge is -2.41. The van der Waals surface area contributed by atoms with Gasteiger partial charge in [0, 0.05) is 46.4 Å². The average Bonchev–Trinajstić information content (AvgIpc) is 3.64. The molecule has 3 aliphatic rings. The van der Waals surface area contributed by atoms with E-state index in [1.165, 1.54) is 18.1 Å². The summed E-state index contributed by atoms with van der Waals surface area (Å²) in [4.78, 5) is 40.6. The zero-order chi connectivity index (χ0) is 29.3. The van der Waals surface area contributed by atoms with Crippen LogP contribution in [-0.2, 0) is 20.9 Å². The molecule has 3 N–H and O–H groups in total. The summed E-state index contributed by atoms with van der Waals surface area (Å²) in [5, 5.41) is 24.6. The Kier molecular flexibility index (Phi) is 8.86. The zero-order valence-corrected chi connectivity index (χ0v) is 23.7. The topological polar surface area (TPSA) is 135 Å². The van der Waals surface area contributed by atoms with Gasteiger partial charge in [-0.25, -0.2) is 0 Å². The van der Waals surface area contributed by atoms with Gasteiger partial charge in [0.15, 0.2) is 11.5 Å². The van der Waals surface area contributed by atoms with Crippen molar-refractivity contribution in [1.82, 2.24) is 10.2 Å². The second-order valence-corrected chi connectivity index (χ2v) is 11.0. The number of benzene rings is 2. The van der Waals surface area contributed by atoms with Crippen LogP contribution in [0.3, 0.4) is 0 Å². The van der Waals surface area contributed by atoms with Crippen LogP contribution in [0, 0.1) is 5.92 Å². The van der Waals surface area contributed by atoms with E-state index in [2.05, 4.69) is 5.32 Å². The molecule has 2 aromatic carbocycles. The molecule has 1 fully saturated rings. The van der Waals surface area contributed by atoms with E-state index in [-0.39, 0.29) is 43.5 Å². The van der Waals surface area contributed by atoms with Crippen LogP contribution in [0.5, 0.6) is 11.5 Å². The molecule has 2 amide bonds. The molecule has 5 unspecified atom stereocenters. The number of aliphatic hydroxyl groups excluding tert-OH is 2. The van der Waals surface area contributed by atoms with Crippen molar-refractivity contribution >= 4 is 41.3 Å². The van der Waals surface area contributed by atoms with Crippen LogP contribution in [0.4, 0.5) is 0 Å². The van der Waals surface area contributed by atoms with E-state index in [0.29, 0.717) is 51.8 Å². The minimum absolute atomic E-state index is 0.00532. The number of rotatable bonds is 9. The van der Waals surface area contributed by atoms with Gasteiger partial charge in [-0.1, -0.05) is 29.3 Å². The predicted molar refractivity (Wildman–Crippen MR) is 149 cm³/mol. The summed E-state index contributed by atoms with van der Waals surface area (Å²) in [5.74, 6) is -1.39. The molecule has 2 aromatic rings. The highest BCUT2D eigenvalue weighted by molar-refractivity contribution is 6.35. The molecule has 218 valence electrons. The molecular formula is C29H30Cl2N2O8. The molecule has 2 heterocycles. The molecule has 0 bridgehead atoms. The molecule has 0 aromatic heterocycles. The molecule has 1 saturated heterocycles. The standard InChI is InChI=1S/C29H30Cl2N2O8/c1-39-23-9-15(13-35)8-19-24-20(28(37)32-5-6-34)11-22(25(36)27(24)41-26(19)23)33(29(38)17-4-7-40-14-17)12-16-2-3-18(30)10-21(16)31/h2-3,8-11,13,17,22,24-25,27,34,36H,4-7,12,14H2,1H3,(H,32,37). The van der Waals surface area contributed by atoms with Gasteiger partial charge >= 0.3 is 0 Å². The summed E-state index contributed by atoms with van der Waals surface area (Å²) in [6.07, 6.45) is 0.479. The minimum atomic E-state index is -1.27. The van der Waals surface area contributed by atoms with E-state index in [1.807, 2.05) is 0 Å². The summed E-state index contributed by atoms with van der Waals surface area (Å²) >= 11 is 12.6. The maximum atomic E-state index is 13.9. The molecule has 0 saturated carbocycles. The number of carbonyl (C=O) groups excluding carboxylic acids is 3. The van der Waals surface area contributed by atoms with Crippen LogP contribution < -0.4 is 14.8 Å². The Morgan fingerprint density at radius 2 is 2.05 bits per heavy atom. The quantitative estimate of drug-likeness (QED) is 0.372. The van der Waals surface area contributed by atoms with Crippen LogP contribution >= 0.6 is 23.2 Å². The smallest absolute Gasteiger partial charge is 0.247 e. The van der Waals surface area contributed by atoms with Crippen molar-refractivity contribution in [2.24, 2.45) is 5.92 Å². The highest BCUT2D eigenvalue weighted by Gasteiger charge is 2.52. The van der Waals surface area contributed by atoms with Crippen molar-refractivity contribution in [1.29, 1.82) is 0 Å². The number of methoxy groups -OCH3 is 1. The Balaban J connectivity index is 1.61. The molecule has 0 radical (unpaired) electrons. The lowest BCUT2D eigenvalue weighted by atomic mass is 9.77. The molecule has 5 atom stereocenters. The lowest BCUT2D eigenvalue weighted by Crippen LogP contribution is -2.56. The van der Waals surface area contributed by atoms with Crippen LogP contribution in [0.2, 0.25) is 10.0 Å². The maximum absolute atomic E-state index is 13.9. The fourth-order valence-corrected chi connectivity index (χ4v) is 6.15. The Morgan fingerprint density at radius 3 is 2.71 bits per heavy atom. The normalized spacial score (nSPS) is 24.5. The SMILES string of the molecule is COc1cc(C=O)cc2c1OC1C2C(C(=O)NCCO)=CC(N(Cc2ccc(Cl)cc2Cl)C(=O)C2CCOC2)C1O. The Hall–Kier alpha value is -3.15. The number of fused-ring (bicyclic) bond motifs is 3. The van der Waals surface area contributed by atoms with E-state index in [4.69, 9.17) is 37.4 Å². The van der Waals surface area contributed by atoms with E-state index in [0.717, 1.165) is 0 Å². The zero-order valence-electron chi connectivity index (χ0n) is 22.2. The first-order valence-electron chi connectivity index (χ1n) is 13.2. The van der Waals surface area contributed by atoms with Gasteiger partial charge in [0.05, 0.1) is 38.2 Å². The molecule has 41 heavy (non-hydrogen) atoms. The molecule has 12 heteroatoms. The number of ether oxygens (including phenoxy) is 3. The van der Waals surface area contributed by atoms with Crippen molar-refractivity contribution in [3.63, 3.8) is 0 Å². The van der Waals surface area contributed by atoms with Gasteiger partial charge in [-0.05, 0) is 42.3 Å². The first kappa shape index (κ1) is 29.3. The van der Waals surface area contributed by atoms with Crippen molar-refractivity contribution < 1.29 is 38.8 Å². The predicted octanol–water partition coefficient (Wildman–Crippen LogP) is 2.50. The molecule has 5 rings (SSSR count). The van der Waals surface area contributed by atoms with Crippen molar-refractivity contribution in [2.75, 3.05) is 33.5 Å². The highest BCUT2D eigenvalue weighted by Crippen LogP contribution is 2.51. The van der Waals surface area contributed by atoms with Gasteiger partial charge in [-0.3, -0.25) is 14.4 Å². The molecular weight excluding hydrogens is 575 g/mol. The molecule has 0 spiro atoms. The number of nitrogens with zero attached hydrogens (tertiary/aromatic N) is 1. The number of aliphatic hydroxyl groups is 2. The number of amides is 2. The van der Waals surface area contributed by atoms with E-state index < -0.39 is 36.0 Å². The molecule has 2 aliphatic heterocycles. The Morgan fingerprint density at radius 1 is 1.24 bits per heavy atom. The summed E-state index contributed by atoms with van der Waals surface area (Å²) in [6, 6.07) is 7.07. The van der Waals surface area contributed by atoms with Gasteiger partial charge in [0.1, 0.15) is 18.5 Å². The highest BCUT2D eigenvalue weighted by atomic mass is 35.5. The van der Waals surface area contributed by atoms with Gasteiger partial charge in [-0.15, -0.1) is 0 Å². The van der Waals surface area contributed by atoms with Crippen molar-refractivity contribution in [3.8, 4) is 11.5 Å². The van der Waals surface area contributed by atoms with E-state index in [9.17, 15) is 24.6 Å². The van der Waals surface area contributed by atoms with Crippen LogP contribution in [0.25, 0.3) is 0 Å². The van der Waals surface area contributed by atoms with Crippen LogP contribution in [0.1, 0.15) is 33.8 Å². The largest absolute Gasteiger partial charge is 0.493 e. The fraction of sp³-hybridized carbons (Fsp3) is 0.414. The first-order valence-corrected chi connectivity index (χ1v) is 14.0. The van der Waals surface area contributed by atoms with E-state index >= 15 is 0 Å². The number of hydrogen-bond acceptors (Lipinski definition) is 8. The number of hydrogen-bond donors (Lipinski definition) is 3. The summed E-state index contributed by atoms with van der Waals surface area (Å²) in [7, 11) is 1.43. The molecule has 10 nitrogen and oxygen atoms in total. The minimum Gasteiger partial charge on any atom is -0.493 e. The summed E-state index contributed by atoms with van der Waals surface area (Å²) < 4.78 is 17.2. The Labute approximate surface area is 246 Å². The maximum Gasteiger partial charge on any atom is 0.247 e. The van der Waals surface area contributed by atoms with E-state index in [1.54, 1.807) is 30.3 Å². The monoisotopic (exact) mass is 604 g/mol. The van der Waals surface area contributed by atoms with Gasteiger partial charge < -0.3 is 34.6 Å². The number of halogens is 2. The van der Waals surface area contributed by atoms with Crippen molar-refractivity contribution in [3.05, 3.63) is 68.7 Å². The first-order chi connectivity index (χ1) is 19.8. The van der Waals surface area contributed by atoms with Gasteiger partial charge in [-0.2, -0.15) is 0 Å². The Bertz CT molecular complexity index is 1380. The van der Waals surface area contributed by atoms with Crippen LogP contribution in [-0.4, -0.2) is 84.9 Å². The lowest BCUT2D eigenvalue weighted by molar-refractivity contribution is -0.142. The third-order valence-electron chi connectivity index (χ3n) is 7.69. The average molecular weight is 605 g/mol. The number of carbonyl (C=O) groups is 3. The van der Waals surface area contributed by atoms with Crippen molar-refractivity contribution in [2.45, 2.75) is 37.1 Å². The fourth-order valence-electron chi connectivity index (χ4n) is 5.69. The molecule has 1 aliphatic carbocycles. The number of nitrogens with one attached hydrogen (secondary N) is 1. The summed E-state index contributed by atoms with van der Waals surface area (Å²) in [6.45, 7) is 0.412. The van der Waals surface area contributed by atoms with Gasteiger partial charge in [0.25, 0.3) is 0 Å². The second kappa shape index (κ2) is 12.4. The summed E-state index contributed by atoms with van der Waals surface area (Å²) in [5.41, 5.74) is 1.64. The number of aldehydes is 1. The van der Waals surface area contributed by atoms with Gasteiger partial charge in [0.2, 0.25) is 11.8 Å². The third kappa shape index (κ3) is 5.67.